The molecule has 1 fully saturated rings. The number of aromatic nitrogens is 1. The number of ether oxygens (including phenoxy) is 2. The van der Waals surface area contributed by atoms with E-state index in [0.717, 1.165) is 36.6 Å². The van der Waals surface area contributed by atoms with Crippen molar-refractivity contribution in [2.24, 2.45) is 0 Å². The molecule has 2 N–H and O–H groups in total. The summed E-state index contributed by atoms with van der Waals surface area (Å²) in [7, 11) is 0. The number of carbonyl (C=O) groups is 2. The molecular formula is C22H20N2O4. The Kier molecular flexibility index (Phi) is 3.69. The van der Waals surface area contributed by atoms with Crippen LogP contribution < -0.4 is 14.8 Å². The summed E-state index contributed by atoms with van der Waals surface area (Å²) < 4.78 is 12.0. The lowest BCUT2D eigenvalue weighted by Crippen LogP contribution is -2.34. The molecule has 6 heteroatoms. The first-order valence-corrected chi connectivity index (χ1v) is 9.50. The number of ketones is 1. The molecule has 0 radical (unpaired) electrons. The van der Waals surface area contributed by atoms with Gasteiger partial charge in [0, 0.05) is 41.2 Å². The van der Waals surface area contributed by atoms with Gasteiger partial charge in [0.25, 0.3) is 17.5 Å². The van der Waals surface area contributed by atoms with Gasteiger partial charge in [-0.3, -0.25) is 9.59 Å². The summed E-state index contributed by atoms with van der Waals surface area (Å²) in [5, 5.41) is 3.44. The zero-order valence-corrected chi connectivity index (χ0v) is 15.5. The fraction of sp³-hybridized carbons (Fsp3) is 0.273. The molecule has 142 valence electrons. The first-order valence-electron chi connectivity index (χ1n) is 9.50. The molecule has 2 aromatic carbocycles. The highest BCUT2D eigenvalue weighted by Gasteiger charge is 2.44. The van der Waals surface area contributed by atoms with E-state index in [1.807, 2.05) is 24.3 Å². The number of fused-ring (bicyclic) bond motifs is 2. The maximum Gasteiger partial charge on any atom is 0.296 e. The molecule has 2 aliphatic rings. The standard InChI is InChI=1S/C22H20N2O4/c1-13-19(15-6-2-3-7-16(15)23-13)20(25)21(26)24-14-8-9-17-18(12-14)28-22(27-17)10-4-5-11-22/h2-3,6-9,12,23H,4-5,10-11H2,1H3,(H,24,26). The van der Waals surface area contributed by atoms with Crippen molar-refractivity contribution in [3.05, 3.63) is 53.7 Å². The van der Waals surface area contributed by atoms with Crippen LogP contribution in [0, 0.1) is 6.92 Å². The van der Waals surface area contributed by atoms with Gasteiger partial charge in [-0.1, -0.05) is 18.2 Å². The maximum atomic E-state index is 12.8. The average molecular weight is 376 g/mol. The number of Topliss-reactive ketones (excluding diaryl/α,β-unsaturated/α-hetero) is 1. The molecule has 0 unspecified atom stereocenters. The van der Waals surface area contributed by atoms with E-state index in [9.17, 15) is 9.59 Å². The van der Waals surface area contributed by atoms with Crippen LogP contribution in [0.1, 0.15) is 41.7 Å². The molecule has 1 aliphatic carbocycles. The summed E-state index contributed by atoms with van der Waals surface area (Å²) in [6.07, 6.45) is 3.88. The third-order valence-electron chi connectivity index (χ3n) is 5.49. The van der Waals surface area contributed by atoms with Crippen LogP contribution in [0.2, 0.25) is 0 Å². The van der Waals surface area contributed by atoms with Crippen LogP contribution in [-0.2, 0) is 4.79 Å². The zero-order valence-electron chi connectivity index (χ0n) is 15.5. The highest BCUT2D eigenvalue weighted by molar-refractivity contribution is 6.48. The predicted molar refractivity (Wildman–Crippen MR) is 105 cm³/mol. The summed E-state index contributed by atoms with van der Waals surface area (Å²) in [6.45, 7) is 1.79. The summed E-state index contributed by atoms with van der Waals surface area (Å²) in [5.74, 6) is -0.515. The van der Waals surface area contributed by atoms with Crippen LogP contribution in [0.4, 0.5) is 5.69 Å². The quantitative estimate of drug-likeness (QED) is 0.526. The number of rotatable bonds is 3. The van der Waals surface area contributed by atoms with E-state index in [1.54, 1.807) is 25.1 Å². The van der Waals surface area contributed by atoms with E-state index in [4.69, 9.17) is 9.47 Å². The van der Waals surface area contributed by atoms with Gasteiger partial charge in [0.2, 0.25) is 0 Å². The number of para-hydroxylation sites is 1. The number of hydrogen-bond donors (Lipinski definition) is 2. The number of aryl methyl sites for hydroxylation is 1. The Morgan fingerprint density at radius 2 is 1.79 bits per heavy atom. The number of hydrogen-bond acceptors (Lipinski definition) is 4. The van der Waals surface area contributed by atoms with Crippen LogP contribution in [-0.4, -0.2) is 22.5 Å². The lowest BCUT2D eigenvalue weighted by molar-refractivity contribution is -0.112. The van der Waals surface area contributed by atoms with Gasteiger partial charge < -0.3 is 19.8 Å². The minimum atomic E-state index is -0.678. The van der Waals surface area contributed by atoms with Gasteiger partial charge in [0.15, 0.2) is 11.5 Å². The molecule has 6 nitrogen and oxygen atoms in total. The first kappa shape index (κ1) is 16.9. The highest BCUT2D eigenvalue weighted by atomic mass is 16.7. The van der Waals surface area contributed by atoms with Crippen molar-refractivity contribution < 1.29 is 19.1 Å². The largest absolute Gasteiger partial charge is 0.448 e. The minimum absolute atomic E-state index is 0.402. The van der Waals surface area contributed by atoms with Crippen molar-refractivity contribution >= 4 is 28.3 Å². The summed E-state index contributed by atoms with van der Waals surface area (Å²) in [4.78, 5) is 28.6. The number of benzene rings is 2. The van der Waals surface area contributed by atoms with Gasteiger partial charge >= 0.3 is 0 Å². The second-order valence-corrected chi connectivity index (χ2v) is 7.44. The van der Waals surface area contributed by atoms with Crippen LogP contribution >= 0.6 is 0 Å². The Balaban J connectivity index is 1.38. The van der Waals surface area contributed by atoms with E-state index >= 15 is 0 Å². The topological polar surface area (TPSA) is 80.4 Å². The first-order chi connectivity index (χ1) is 13.5. The summed E-state index contributed by atoms with van der Waals surface area (Å²) in [5.41, 5.74) is 2.42. The lowest BCUT2D eigenvalue weighted by Gasteiger charge is -2.21. The fourth-order valence-corrected chi connectivity index (χ4v) is 4.16. The predicted octanol–water partition coefficient (Wildman–Crippen LogP) is 4.34. The van der Waals surface area contributed by atoms with Crippen molar-refractivity contribution in [3.63, 3.8) is 0 Å². The van der Waals surface area contributed by atoms with Gasteiger partial charge in [-0.25, -0.2) is 0 Å². The van der Waals surface area contributed by atoms with Crippen molar-refractivity contribution in [2.45, 2.75) is 38.4 Å². The molecule has 1 spiro atoms. The van der Waals surface area contributed by atoms with Crippen LogP contribution in [0.3, 0.4) is 0 Å². The molecule has 1 saturated carbocycles. The molecule has 3 aromatic rings. The Morgan fingerprint density at radius 1 is 1.04 bits per heavy atom. The van der Waals surface area contributed by atoms with E-state index in [2.05, 4.69) is 10.3 Å². The third kappa shape index (κ3) is 2.64. The molecule has 2 heterocycles. The second-order valence-electron chi connectivity index (χ2n) is 7.44. The molecule has 5 rings (SSSR count). The Labute approximate surface area is 161 Å². The average Bonchev–Trinajstić information content (AvgIpc) is 3.37. The fourth-order valence-electron chi connectivity index (χ4n) is 4.16. The van der Waals surface area contributed by atoms with Crippen molar-refractivity contribution in [1.82, 2.24) is 4.98 Å². The number of nitrogens with one attached hydrogen (secondary N) is 2. The molecule has 0 saturated heterocycles. The molecule has 0 atom stereocenters. The highest BCUT2D eigenvalue weighted by Crippen LogP contribution is 2.47. The van der Waals surface area contributed by atoms with E-state index in [0.29, 0.717) is 28.4 Å². The van der Waals surface area contributed by atoms with E-state index < -0.39 is 17.5 Å². The molecule has 0 bridgehead atoms. The monoisotopic (exact) mass is 376 g/mol. The van der Waals surface area contributed by atoms with Gasteiger partial charge in [-0.15, -0.1) is 0 Å². The molecule has 1 amide bonds. The number of amides is 1. The number of carbonyl (C=O) groups excluding carboxylic acids is 2. The minimum Gasteiger partial charge on any atom is -0.448 e. The summed E-state index contributed by atoms with van der Waals surface area (Å²) in [6, 6.07) is 12.7. The lowest BCUT2D eigenvalue weighted by atomic mass is 10.1. The Morgan fingerprint density at radius 3 is 2.61 bits per heavy atom. The van der Waals surface area contributed by atoms with Gasteiger partial charge in [0.05, 0.1) is 5.56 Å². The number of aromatic amines is 1. The Bertz CT molecular complexity index is 1110. The van der Waals surface area contributed by atoms with Crippen molar-refractivity contribution in [1.29, 1.82) is 0 Å². The smallest absolute Gasteiger partial charge is 0.296 e. The van der Waals surface area contributed by atoms with Crippen molar-refractivity contribution in [3.8, 4) is 11.5 Å². The van der Waals surface area contributed by atoms with Gasteiger partial charge in [0.1, 0.15) is 0 Å². The van der Waals surface area contributed by atoms with Crippen molar-refractivity contribution in [2.75, 3.05) is 5.32 Å². The SMILES string of the molecule is Cc1[nH]c2ccccc2c1C(=O)C(=O)Nc1ccc2c(c1)OC1(CCCC1)O2. The maximum absolute atomic E-state index is 12.8. The Hall–Kier alpha value is -3.28. The molecule has 28 heavy (non-hydrogen) atoms. The van der Waals surface area contributed by atoms with E-state index in [-0.39, 0.29) is 0 Å². The van der Waals surface area contributed by atoms with E-state index in [1.165, 1.54) is 0 Å². The third-order valence-corrected chi connectivity index (χ3v) is 5.49. The number of anilines is 1. The zero-order chi connectivity index (χ0) is 19.3. The summed E-state index contributed by atoms with van der Waals surface area (Å²) >= 11 is 0. The van der Waals surface area contributed by atoms with Crippen LogP contribution in [0.5, 0.6) is 11.5 Å². The number of H-pyrrole nitrogens is 1. The molecule has 1 aromatic heterocycles. The second kappa shape index (κ2) is 6.12. The van der Waals surface area contributed by atoms with Gasteiger partial charge in [-0.2, -0.15) is 0 Å². The van der Waals surface area contributed by atoms with Gasteiger partial charge in [-0.05, 0) is 38.0 Å². The molecular weight excluding hydrogens is 356 g/mol. The molecule has 1 aliphatic heterocycles. The normalized spacial score (nSPS) is 16.6. The van der Waals surface area contributed by atoms with Crippen LogP contribution in [0.15, 0.2) is 42.5 Å². The van der Waals surface area contributed by atoms with Crippen LogP contribution in [0.25, 0.3) is 10.9 Å².